The molecular weight excluding hydrogens is 376 g/mol. The number of allylic oxidation sites excluding steroid dienone is 4. The highest BCUT2D eigenvalue weighted by atomic mass is 35.5. The lowest BCUT2D eigenvalue weighted by atomic mass is 9.87. The van der Waals surface area contributed by atoms with Crippen molar-refractivity contribution < 1.29 is 19.4 Å². The maximum atomic E-state index is 12.5. The van der Waals surface area contributed by atoms with E-state index in [1.165, 1.54) is 39.7 Å². The van der Waals surface area contributed by atoms with E-state index in [9.17, 15) is 14.7 Å². The van der Waals surface area contributed by atoms with Gasteiger partial charge in [0.2, 0.25) is 0 Å². The molecule has 0 spiro atoms. The Balaban J connectivity index is 2.54. The van der Waals surface area contributed by atoms with Crippen molar-refractivity contribution in [2.45, 2.75) is 77.2 Å². The van der Waals surface area contributed by atoms with Gasteiger partial charge in [0.25, 0.3) is 0 Å². The summed E-state index contributed by atoms with van der Waals surface area (Å²) in [6.07, 6.45) is 16.5. The number of rotatable bonds is 13. The van der Waals surface area contributed by atoms with Crippen LogP contribution in [0.4, 0.5) is 0 Å². The van der Waals surface area contributed by atoms with E-state index in [1.54, 1.807) is 0 Å². The number of unbranched alkanes of at least 4 members (excludes halogenated alkanes) is 4. The molecule has 0 amide bonds. The minimum Gasteiger partial charge on any atom is -0.467 e. The van der Waals surface area contributed by atoms with Gasteiger partial charge in [-0.2, -0.15) is 0 Å². The van der Waals surface area contributed by atoms with Gasteiger partial charge in [-0.15, -0.1) is 11.6 Å². The first kappa shape index (κ1) is 24.9. The molecule has 0 bridgehead atoms. The number of carbonyl (C=O) groups excluding carboxylic acids is 2. The average molecular weight is 413 g/mol. The zero-order valence-corrected chi connectivity index (χ0v) is 18.4. The molecule has 0 heterocycles. The third-order valence-electron chi connectivity index (χ3n) is 5.65. The van der Waals surface area contributed by atoms with Crippen molar-refractivity contribution >= 4 is 23.4 Å². The van der Waals surface area contributed by atoms with Gasteiger partial charge in [0.05, 0.1) is 7.11 Å². The number of carbonyl (C=O) groups is 2. The summed E-state index contributed by atoms with van der Waals surface area (Å²) < 4.78 is 4.60. The van der Waals surface area contributed by atoms with Crippen LogP contribution in [0.25, 0.3) is 0 Å². The zero-order chi connectivity index (χ0) is 21.0. The molecule has 0 radical (unpaired) electrons. The average Bonchev–Trinajstić information content (AvgIpc) is 2.98. The number of aliphatic hydroxyl groups is 1. The molecule has 1 unspecified atom stereocenters. The summed E-state index contributed by atoms with van der Waals surface area (Å²) in [5, 5.41) is 10.0. The van der Waals surface area contributed by atoms with Crippen molar-refractivity contribution in [3.63, 3.8) is 0 Å². The number of Topliss-reactive ketones (excluding diaryl/α,β-unsaturated/α-hetero) is 1. The SMILES string of the molecule is CCCCCC/C=C/[C@H]1[C@H](CCl)CC(=O)[C@@H]1C/C=C\CCC(C)(O)C(=O)OC. The first-order valence-corrected chi connectivity index (χ1v) is 11.1. The fourth-order valence-electron chi connectivity index (χ4n) is 3.82. The van der Waals surface area contributed by atoms with Crippen LogP contribution in [0.5, 0.6) is 0 Å². The van der Waals surface area contributed by atoms with Crippen molar-refractivity contribution in [3.05, 3.63) is 24.3 Å². The Morgan fingerprint density at radius 1 is 1.25 bits per heavy atom. The molecule has 0 saturated heterocycles. The Hall–Kier alpha value is -1.13. The van der Waals surface area contributed by atoms with Crippen molar-refractivity contribution in [2.24, 2.45) is 17.8 Å². The van der Waals surface area contributed by atoms with Crippen LogP contribution in [-0.4, -0.2) is 35.4 Å². The fraction of sp³-hybridized carbons (Fsp3) is 0.739. The Morgan fingerprint density at radius 3 is 2.64 bits per heavy atom. The summed E-state index contributed by atoms with van der Waals surface area (Å²) in [5.41, 5.74) is -1.48. The second-order valence-electron chi connectivity index (χ2n) is 8.06. The van der Waals surface area contributed by atoms with E-state index in [4.69, 9.17) is 11.6 Å². The van der Waals surface area contributed by atoms with Crippen LogP contribution >= 0.6 is 11.6 Å². The van der Waals surface area contributed by atoms with E-state index in [1.807, 2.05) is 12.2 Å². The third kappa shape index (κ3) is 8.08. The summed E-state index contributed by atoms with van der Waals surface area (Å²) in [6, 6.07) is 0. The molecule has 1 aliphatic carbocycles. The summed E-state index contributed by atoms with van der Waals surface area (Å²) in [7, 11) is 1.27. The van der Waals surface area contributed by atoms with Crippen LogP contribution in [0.1, 0.15) is 71.6 Å². The number of esters is 1. The van der Waals surface area contributed by atoms with E-state index in [-0.39, 0.29) is 23.5 Å². The summed E-state index contributed by atoms with van der Waals surface area (Å²) in [6.45, 7) is 3.67. The summed E-state index contributed by atoms with van der Waals surface area (Å²) in [5.74, 6) is 0.587. The monoisotopic (exact) mass is 412 g/mol. The van der Waals surface area contributed by atoms with Crippen molar-refractivity contribution in [2.75, 3.05) is 13.0 Å². The highest BCUT2D eigenvalue weighted by Crippen LogP contribution is 2.38. The smallest absolute Gasteiger partial charge is 0.337 e. The lowest BCUT2D eigenvalue weighted by Crippen LogP contribution is -2.35. The number of hydrogen-bond acceptors (Lipinski definition) is 4. The van der Waals surface area contributed by atoms with Crippen LogP contribution in [0.2, 0.25) is 0 Å². The number of ether oxygens (including phenoxy) is 1. The van der Waals surface area contributed by atoms with E-state index in [0.717, 1.165) is 6.42 Å². The van der Waals surface area contributed by atoms with Gasteiger partial charge in [-0.05, 0) is 50.9 Å². The first-order chi connectivity index (χ1) is 13.4. The quantitative estimate of drug-likeness (QED) is 0.195. The van der Waals surface area contributed by atoms with E-state index in [0.29, 0.717) is 31.6 Å². The molecule has 1 rings (SSSR count). The second kappa shape index (κ2) is 13.2. The van der Waals surface area contributed by atoms with E-state index in [2.05, 4.69) is 23.8 Å². The number of hydrogen-bond donors (Lipinski definition) is 1. The highest BCUT2D eigenvalue weighted by Gasteiger charge is 2.39. The highest BCUT2D eigenvalue weighted by molar-refractivity contribution is 6.18. The van der Waals surface area contributed by atoms with Gasteiger partial charge >= 0.3 is 5.97 Å². The van der Waals surface area contributed by atoms with Gasteiger partial charge in [0.15, 0.2) is 5.60 Å². The molecule has 1 aliphatic rings. The number of halogens is 1. The van der Waals surface area contributed by atoms with Gasteiger partial charge in [0.1, 0.15) is 5.78 Å². The normalized spacial score (nSPS) is 24.9. The van der Waals surface area contributed by atoms with E-state index < -0.39 is 11.6 Å². The van der Waals surface area contributed by atoms with Gasteiger partial charge in [-0.3, -0.25) is 4.79 Å². The number of methoxy groups -OCH3 is 1. The maximum Gasteiger partial charge on any atom is 0.337 e. The minimum atomic E-state index is -1.48. The van der Waals surface area contributed by atoms with Crippen LogP contribution in [0.15, 0.2) is 24.3 Å². The molecule has 160 valence electrons. The van der Waals surface area contributed by atoms with Crippen LogP contribution < -0.4 is 0 Å². The van der Waals surface area contributed by atoms with Crippen LogP contribution in [0, 0.1) is 17.8 Å². The van der Waals surface area contributed by atoms with Gasteiger partial charge < -0.3 is 9.84 Å². The molecule has 0 aliphatic heterocycles. The Labute approximate surface area is 175 Å². The molecule has 1 saturated carbocycles. The topological polar surface area (TPSA) is 63.6 Å². The molecule has 1 fully saturated rings. The van der Waals surface area contributed by atoms with Crippen molar-refractivity contribution in [3.8, 4) is 0 Å². The standard InChI is InChI=1S/C23H37ClO4/c1-4-5-6-7-8-10-13-19-18(17-24)16-21(25)20(19)14-11-9-12-15-23(2,27)22(26)28-3/h9-11,13,18-20,27H,4-8,12,14-17H2,1-3H3/b11-9-,13-10+/t18-,19-,20+,23?/m0/s1. The molecule has 4 atom stereocenters. The first-order valence-electron chi connectivity index (χ1n) is 10.6. The van der Waals surface area contributed by atoms with Crippen molar-refractivity contribution in [1.82, 2.24) is 0 Å². The minimum absolute atomic E-state index is 0.0204. The molecule has 4 nitrogen and oxygen atoms in total. The molecule has 5 heteroatoms. The molecule has 0 aromatic rings. The Morgan fingerprint density at radius 2 is 2.00 bits per heavy atom. The molecule has 1 N–H and O–H groups in total. The van der Waals surface area contributed by atoms with Gasteiger partial charge in [0, 0.05) is 18.2 Å². The molecule has 28 heavy (non-hydrogen) atoms. The zero-order valence-electron chi connectivity index (χ0n) is 17.7. The Kier molecular flexibility index (Phi) is 11.7. The summed E-state index contributed by atoms with van der Waals surface area (Å²) in [4.78, 5) is 23.9. The largest absolute Gasteiger partial charge is 0.467 e. The third-order valence-corrected chi connectivity index (χ3v) is 6.04. The van der Waals surface area contributed by atoms with E-state index >= 15 is 0 Å². The summed E-state index contributed by atoms with van der Waals surface area (Å²) >= 11 is 6.12. The second-order valence-corrected chi connectivity index (χ2v) is 8.37. The maximum absolute atomic E-state index is 12.5. The predicted octanol–water partition coefficient (Wildman–Crippen LogP) is 5.22. The van der Waals surface area contributed by atoms with Gasteiger partial charge in [-0.25, -0.2) is 4.79 Å². The fourth-order valence-corrected chi connectivity index (χ4v) is 4.13. The Bertz CT molecular complexity index is 539. The van der Waals surface area contributed by atoms with Crippen LogP contribution in [0.3, 0.4) is 0 Å². The van der Waals surface area contributed by atoms with Crippen LogP contribution in [-0.2, 0) is 14.3 Å². The predicted molar refractivity (Wildman–Crippen MR) is 114 cm³/mol. The molecule has 0 aromatic heterocycles. The lowest BCUT2D eigenvalue weighted by Gasteiger charge is -2.19. The number of ketones is 1. The number of alkyl halides is 1. The van der Waals surface area contributed by atoms with Crippen molar-refractivity contribution in [1.29, 1.82) is 0 Å². The van der Waals surface area contributed by atoms with Gasteiger partial charge in [-0.1, -0.05) is 50.5 Å². The molecule has 0 aromatic carbocycles. The lowest BCUT2D eigenvalue weighted by molar-refractivity contribution is -0.160. The molecular formula is C23H37ClO4.